The molecule has 0 unspecified atom stereocenters. The van der Waals surface area contributed by atoms with Gasteiger partial charge in [0.2, 0.25) is 0 Å². The Balaban J connectivity index is 3.05. The standard InChI is InChI=1S/C7H10N2S/c1-5-3-4-10-7(5)6(2)9-8/h3-4H,8H2,1-2H3. The van der Waals surface area contributed by atoms with E-state index in [4.69, 9.17) is 5.84 Å². The van der Waals surface area contributed by atoms with E-state index in [0.29, 0.717) is 0 Å². The fourth-order valence-electron chi connectivity index (χ4n) is 0.802. The summed E-state index contributed by atoms with van der Waals surface area (Å²) in [6, 6.07) is 2.06. The zero-order chi connectivity index (χ0) is 7.56. The smallest absolute Gasteiger partial charge is 0.0744 e. The summed E-state index contributed by atoms with van der Waals surface area (Å²) in [6.45, 7) is 3.97. The quantitative estimate of drug-likeness (QED) is 0.373. The van der Waals surface area contributed by atoms with Crippen molar-refractivity contribution in [3.05, 3.63) is 21.9 Å². The highest BCUT2D eigenvalue weighted by Gasteiger charge is 2.01. The van der Waals surface area contributed by atoms with E-state index in [1.165, 1.54) is 10.4 Å². The van der Waals surface area contributed by atoms with Gasteiger partial charge in [-0.05, 0) is 30.9 Å². The maximum Gasteiger partial charge on any atom is 0.0744 e. The molecule has 0 bridgehead atoms. The summed E-state index contributed by atoms with van der Waals surface area (Å²) in [4.78, 5) is 1.18. The summed E-state index contributed by atoms with van der Waals surface area (Å²) < 4.78 is 0. The average molecular weight is 154 g/mol. The van der Waals surface area contributed by atoms with Crippen molar-refractivity contribution in [2.24, 2.45) is 10.9 Å². The lowest BCUT2D eigenvalue weighted by Crippen LogP contribution is -1.96. The van der Waals surface area contributed by atoms with Gasteiger partial charge in [-0.1, -0.05) is 0 Å². The third-order valence-corrected chi connectivity index (χ3v) is 2.51. The fraction of sp³-hybridized carbons (Fsp3) is 0.286. The Hall–Kier alpha value is -0.830. The molecule has 0 atom stereocenters. The molecule has 10 heavy (non-hydrogen) atoms. The molecule has 54 valence electrons. The van der Waals surface area contributed by atoms with Gasteiger partial charge in [0.05, 0.1) is 10.6 Å². The van der Waals surface area contributed by atoms with E-state index >= 15 is 0 Å². The second kappa shape index (κ2) is 2.84. The molecule has 0 aliphatic carbocycles. The van der Waals surface area contributed by atoms with Gasteiger partial charge in [0.25, 0.3) is 0 Å². The topological polar surface area (TPSA) is 38.4 Å². The number of hydrogen-bond acceptors (Lipinski definition) is 3. The minimum atomic E-state index is 0.910. The summed E-state index contributed by atoms with van der Waals surface area (Å²) in [7, 11) is 0. The van der Waals surface area contributed by atoms with Crippen molar-refractivity contribution in [1.29, 1.82) is 0 Å². The summed E-state index contributed by atoms with van der Waals surface area (Å²) in [5, 5.41) is 5.66. The molecule has 0 aliphatic rings. The van der Waals surface area contributed by atoms with E-state index < -0.39 is 0 Å². The molecule has 3 heteroatoms. The lowest BCUT2D eigenvalue weighted by atomic mass is 10.2. The summed E-state index contributed by atoms with van der Waals surface area (Å²) in [5.41, 5.74) is 2.16. The van der Waals surface area contributed by atoms with Gasteiger partial charge in [-0.2, -0.15) is 5.10 Å². The van der Waals surface area contributed by atoms with Crippen LogP contribution in [-0.2, 0) is 0 Å². The van der Waals surface area contributed by atoms with Gasteiger partial charge in [-0.25, -0.2) is 0 Å². The Morgan fingerprint density at radius 1 is 1.70 bits per heavy atom. The van der Waals surface area contributed by atoms with Crippen LogP contribution in [-0.4, -0.2) is 5.71 Å². The number of thiophene rings is 1. The molecule has 0 spiro atoms. The van der Waals surface area contributed by atoms with Crippen LogP contribution in [0.15, 0.2) is 16.5 Å². The molecule has 0 aliphatic heterocycles. The monoisotopic (exact) mass is 154 g/mol. The average Bonchev–Trinajstić information content (AvgIpc) is 2.34. The molecule has 1 aromatic heterocycles. The van der Waals surface area contributed by atoms with E-state index in [-0.39, 0.29) is 0 Å². The molecule has 1 rings (SSSR count). The van der Waals surface area contributed by atoms with Crippen LogP contribution in [0.3, 0.4) is 0 Å². The predicted molar refractivity (Wildman–Crippen MR) is 45.5 cm³/mol. The van der Waals surface area contributed by atoms with Gasteiger partial charge < -0.3 is 5.84 Å². The Kier molecular flexibility index (Phi) is 2.06. The molecule has 0 amide bonds. The highest BCUT2D eigenvalue weighted by Crippen LogP contribution is 2.15. The molecule has 0 fully saturated rings. The van der Waals surface area contributed by atoms with Crippen LogP contribution in [0.5, 0.6) is 0 Å². The maximum atomic E-state index is 5.13. The van der Waals surface area contributed by atoms with E-state index in [2.05, 4.69) is 18.1 Å². The zero-order valence-electron chi connectivity index (χ0n) is 6.09. The van der Waals surface area contributed by atoms with Gasteiger partial charge in [0, 0.05) is 0 Å². The van der Waals surface area contributed by atoms with Crippen molar-refractivity contribution in [3.8, 4) is 0 Å². The van der Waals surface area contributed by atoms with Crippen LogP contribution < -0.4 is 5.84 Å². The second-order valence-corrected chi connectivity index (χ2v) is 3.06. The molecule has 0 radical (unpaired) electrons. The van der Waals surface area contributed by atoms with Crippen LogP contribution in [0, 0.1) is 6.92 Å². The Morgan fingerprint density at radius 3 is 2.80 bits per heavy atom. The van der Waals surface area contributed by atoms with Gasteiger partial charge in [0.15, 0.2) is 0 Å². The maximum absolute atomic E-state index is 5.13. The highest BCUT2D eigenvalue weighted by atomic mass is 32.1. The van der Waals surface area contributed by atoms with Gasteiger partial charge in [0.1, 0.15) is 0 Å². The number of rotatable bonds is 1. The number of nitrogens with zero attached hydrogens (tertiary/aromatic N) is 1. The molecule has 2 nitrogen and oxygen atoms in total. The first kappa shape index (κ1) is 7.28. The van der Waals surface area contributed by atoms with Crippen LogP contribution in [0.25, 0.3) is 0 Å². The minimum Gasteiger partial charge on any atom is -0.323 e. The van der Waals surface area contributed by atoms with Gasteiger partial charge in [-0.15, -0.1) is 11.3 Å². The van der Waals surface area contributed by atoms with Crippen molar-refractivity contribution in [3.63, 3.8) is 0 Å². The third kappa shape index (κ3) is 1.19. The normalized spacial score (nSPS) is 12.0. The SMILES string of the molecule is CC(=NN)c1sccc1C. The zero-order valence-corrected chi connectivity index (χ0v) is 6.90. The Bertz CT molecular complexity index is 250. The first-order valence-corrected chi connectivity index (χ1v) is 3.92. The molecular weight excluding hydrogens is 144 g/mol. The summed E-state index contributed by atoms with van der Waals surface area (Å²) in [5.74, 6) is 5.13. The third-order valence-electron chi connectivity index (χ3n) is 1.38. The van der Waals surface area contributed by atoms with Gasteiger partial charge in [-0.3, -0.25) is 0 Å². The highest BCUT2D eigenvalue weighted by molar-refractivity contribution is 7.12. The molecule has 0 saturated carbocycles. The second-order valence-electron chi connectivity index (χ2n) is 2.15. The van der Waals surface area contributed by atoms with Crippen molar-refractivity contribution >= 4 is 17.0 Å². The number of hydrogen-bond donors (Lipinski definition) is 1. The largest absolute Gasteiger partial charge is 0.323 e. The molecule has 1 heterocycles. The predicted octanol–water partition coefficient (Wildman–Crippen LogP) is 1.74. The number of nitrogens with two attached hydrogens (primary N) is 1. The van der Waals surface area contributed by atoms with Crippen molar-refractivity contribution in [2.45, 2.75) is 13.8 Å². The molecular formula is C7H10N2S. The van der Waals surface area contributed by atoms with Crippen LogP contribution in [0.1, 0.15) is 17.4 Å². The van der Waals surface area contributed by atoms with Crippen molar-refractivity contribution < 1.29 is 0 Å². The lowest BCUT2D eigenvalue weighted by molar-refractivity contribution is 1.24. The van der Waals surface area contributed by atoms with E-state index in [1.54, 1.807) is 11.3 Å². The molecule has 0 aromatic carbocycles. The first-order chi connectivity index (χ1) is 4.75. The Morgan fingerprint density at radius 2 is 2.40 bits per heavy atom. The Labute approximate surface area is 64.4 Å². The van der Waals surface area contributed by atoms with Crippen molar-refractivity contribution in [1.82, 2.24) is 0 Å². The van der Waals surface area contributed by atoms with Crippen LogP contribution >= 0.6 is 11.3 Å². The van der Waals surface area contributed by atoms with E-state index in [9.17, 15) is 0 Å². The lowest BCUT2D eigenvalue weighted by Gasteiger charge is -1.93. The number of aryl methyl sites for hydroxylation is 1. The molecule has 1 aromatic rings. The minimum absolute atomic E-state index is 0.910. The summed E-state index contributed by atoms with van der Waals surface area (Å²) >= 11 is 1.67. The first-order valence-electron chi connectivity index (χ1n) is 3.04. The molecule has 2 N–H and O–H groups in total. The van der Waals surface area contributed by atoms with E-state index in [0.717, 1.165) is 5.71 Å². The van der Waals surface area contributed by atoms with Crippen LogP contribution in [0.4, 0.5) is 0 Å². The van der Waals surface area contributed by atoms with Gasteiger partial charge >= 0.3 is 0 Å². The summed E-state index contributed by atoms with van der Waals surface area (Å²) in [6.07, 6.45) is 0. The van der Waals surface area contributed by atoms with E-state index in [1.807, 2.05) is 12.3 Å². The molecule has 0 saturated heterocycles. The van der Waals surface area contributed by atoms with Crippen LogP contribution in [0.2, 0.25) is 0 Å². The fourth-order valence-corrected chi connectivity index (χ4v) is 1.69. The number of hydrazone groups is 1. The van der Waals surface area contributed by atoms with Crippen molar-refractivity contribution in [2.75, 3.05) is 0 Å².